The number of carbonyl (C=O) groups excluding carboxylic acids is 1. The molecule has 1 amide bonds. The number of carbonyl (C=O) groups is 3. The second-order valence-electron chi connectivity index (χ2n) is 9.29. The molecular weight excluding hydrogens is 578 g/mol. The van der Waals surface area contributed by atoms with Crippen LogP contribution in [0.15, 0.2) is 59.8 Å². The van der Waals surface area contributed by atoms with Crippen molar-refractivity contribution in [3.05, 3.63) is 77.6 Å². The van der Waals surface area contributed by atoms with E-state index in [-0.39, 0.29) is 17.3 Å². The number of halogens is 2. The molecule has 0 unspecified atom stereocenters. The minimum atomic E-state index is -4.44. The fourth-order valence-corrected chi connectivity index (χ4v) is 5.47. The minimum Gasteiger partial charge on any atom is -0.480 e. The van der Waals surface area contributed by atoms with Crippen molar-refractivity contribution >= 4 is 39.5 Å². The largest absolute Gasteiger partial charge is 0.480 e. The summed E-state index contributed by atoms with van der Waals surface area (Å²) >= 11 is 0. The fraction of sp³-hybridized carbons (Fsp3) is 0.269. The van der Waals surface area contributed by atoms with E-state index in [9.17, 15) is 32.3 Å². The van der Waals surface area contributed by atoms with Gasteiger partial charge in [0.05, 0.1) is 21.7 Å². The maximum Gasteiger partial charge on any atom is 0.335 e. The summed E-state index contributed by atoms with van der Waals surface area (Å²) in [4.78, 5) is 44.7. The first-order chi connectivity index (χ1) is 20.0. The summed E-state index contributed by atoms with van der Waals surface area (Å²) in [5.41, 5.74) is -0.912. The van der Waals surface area contributed by atoms with Crippen molar-refractivity contribution in [3.63, 3.8) is 0 Å². The van der Waals surface area contributed by atoms with Crippen molar-refractivity contribution in [1.82, 2.24) is 20.0 Å². The maximum absolute atomic E-state index is 15.0. The Hall–Kier alpha value is -4.70. The quantitative estimate of drug-likeness (QED) is 0.214. The van der Waals surface area contributed by atoms with E-state index in [2.05, 4.69) is 20.6 Å². The van der Waals surface area contributed by atoms with Crippen molar-refractivity contribution in [2.45, 2.75) is 29.8 Å². The highest BCUT2D eigenvalue weighted by molar-refractivity contribution is 7.89. The fourth-order valence-electron chi connectivity index (χ4n) is 4.28. The molecule has 1 aromatic heterocycles. The van der Waals surface area contributed by atoms with E-state index in [1.807, 2.05) is 4.72 Å². The molecule has 4 rings (SSSR count). The maximum atomic E-state index is 15.0. The number of aliphatic carboxylic acids is 1. The van der Waals surface area contributed by atoms with Crippen LogP contribution in [0.5, 0.6) is 0 Å². The minimum absolute atomic E-state index is 0.0327. The predicted octanol–water partition coefficient (Wildman–Crippen LogP) is 1.70. The van der Waals surface area contributed by atoms with Crippen molar-refractivity contribution < 1.29 is 41.8 Å². The number of benzene rings is 2. The smallest absolute Gasteiger partial charge is 0.335 e. The summed E-state index contributed by atoms with van der Waals surface area (Å²) in [6.07, 6.45) is 4.39. The SMILES string of the molecule is O=C(O)c1ccc(S(=O)(=O)N[C@@H](CNC(=O)c2ccc(N3CCC(Nc4ncccn4)CC3)c(F)c2F)C(=O)O)cc1. The molecule has 1 fully saturated rings. The van der Waals surface area contributed by atoms with Crippen LogP contribution in [-0.2, 0) is 14.8 Å². The first kappa shape index (κ1) is 30.3. The van der Waals surface area contributed by atoms with Gasteiger partial charge in [-0.2, -0.15) is 4.72 Å². The Balaban J connectivity index is 1.37. The lowest BCUT2D eigenvalue weighted by Gasteiger charge is -2.34. The van der Waals surface area contributed by atoms with Gasteiger partial charge < -0.3 is 25.7 Å². The van der Waals surface area contributed by atoms with Gasteiger partial charge in [-0.3, -0.25) is 9.59 Å². The molecule has 0 aliphatic carbocycles. The molecule has 222 valence electrons. The first-order valence-electron chi connectivity index (χ1n) is 12.6. The van der Waals surface area contributed by atoms with Crippen LogP contribution in [-0.4, -0.2) is 78.2 Å². The number of nitrogens with zero attached hydrogens (tertiary/aromatic N) is 3. The van der Waals surface area contributed by atoms with E-state index in [4.69, 9.17) is 5.11 Å². The number of carboxylic acids is 2. The Morgan fingerprint density at radius 3 is 2.21 bits per heavy atom. The molecule has 13 nitrogen and oxygen atoms in total. The van der Waals surface area contributed by atoms with E-state index in [0.29, 0.717) is 31.9 Å². The lowest BCUT2D eigenvalue weighted by molar-refractivity contribution is -0.138. The summed E-state index contributed by atoms with van der Waals surface area (Å²) in [6, 6.07) is 6.15. The van der Waals surface area contributed by atoms with Gasteiger partial charge in [-0.25, -0.2) is 32.0 Å². The normalized spacial score (nSPS) is 14.7. The third kappa shape index (κ3) is 7.13. The Morgan fingerprint density at radius 1 is 0.976 bits per heavy atom. The van der Waals surface area contributed by atoms with Gasteiger partial charge in [0.15, 0.2) is 11.6 Å². The lowest BCUT2D eigenvalue weighted by Crippen LogP contribution is -2.48. The zero-order chi connectivity index (χ0) is 30.4. The van der Waals surface area contributed by atoms with Crippen LogP contribution in [0.2, 0.25) is 0 Å². The topological polar surface area (TPSA) is 191 Å². The van der Waals surface area contributed by atoms with Gasteiger partial charge in [-0.1, -0.05) is 0 Å². The number of anilines is 2. The predicted molar refractivity (Wildman–Crippen MR) is 145 cm³/mol. The highest BCUT2D eigenvalue weighted by atomic mass is 32.2. The molecule has 0 spiro atoms. The molecule has 0 bridgehead atoms. The second kappa shape index (κ2) is 12.9. The van der Waals surface area contributed by atoms with Crippen LogP contribution < -0.4 is 20.3 Å². The number of aromatic carboxylic acids is 1. The van der Waals surface area contributed by atoms with Crippen molar-refractivity contribution in [1.29, 1.82) is 0 Å². The third-order valence-corrected chi connectivity index (χ3v) is 8.00. The van der Waals surface area contributed by atoms with Gasteiger partial charge in [0.1, 0.15) is 6.04 Å². The van der Waals surface area contributed by atoms with E-state index >= 15 is 4.39 Å². The zero-order valence-electron chi connectivity index (χ0n) is 21.8. The molecule has 2 aromatic carbocycles. The Labute approximate surface area is 238 Å². The summed E-state index contributed by atoms with van der Waals surface area (Å²) in [6.45, 7) is -0.00714. The number of amides is 1. The number of rotatable bonds is 11. The number of hydrogen-bond donors (Lipinski definition) is 5. The van der Waals surface area contributed by atoms with Gasteiger partial charge in [0.25, 0.3) is 5.91 Å². The summed E-state index contributed by atoms with van der Waals surface area (Å²) in [7, 11) is -4.44. The summed E-state index contributed by atoms with van der Waals surface area (Å²) < 4.78 is 57.0. The van der Waals surface area contributed by atoms with E-state index < -0.39 is 62.5 Å². The first-order valence-corrected chi connectivity index (χ1v) is 14.1. The highest BCUT2D eigenvalue weighted by Crippen LogP contribution is 2.27. The van der Waals surface area contributed by atoms with Crippen molar-refractivity contribution in [2.75, 3.05) is 29.9 Å². The average molecular weight is 605 g/mol. The number of nitrogens with one attached hydrogen (secondary N) is 3. The third-order valence-electron chi connectivity index (χ3n) is 6.52. The summed E-state index contributed by atoms with van der Waals surface area (Å²) in [5.74, 6) is -6.31. The number of hydrogen-bond acceptors (Lipinski definition) is 9. The van der Waals surface area contributed by atoms with Crippen molar-refractivity contribution in [2.24, 2.45) is 0 Å². The second-order valence-corrected chi connectivity index (χ2v) is 11.0. The molecule has 42 heavy (non-hydrogen) atoms. The Morgan fingerprint density at radius 2 is 1.62 bits per heavy atom. The molecule has 2 heterocycles. The van der Waals surface area contributed by atoms with E-state index in [1.165, 1.54) is 6.07 Å². The van der Waals surface area contributed by atoms with E-state index in [1.54, 1.807) is 23.4 Å². The van der Waals surface area contributed by atoms with E-state index in [0.717, 1.165) is 30.3 Å². The molecule has 1 aliphatic heterocycles. The van der Waals surface area contributed by atoms with Crippen LogP contribution in [0.4, 0.5) is 20.4 Å². The monoisotopic (exact) mass is 604 g/mol. The molecule has 1 aliphatic rings. The Bertz CT molecular complexity index is 1570. The number of sulfonamides is 1. The molecule has 16 heteroatoms. The van der Waals surface area contributed by atoms with Gasteiger partial charge in [-0.15, -0.1) is 0 Å². The summed E-state index contributed by atoms with van der Waals surface area (Å²) in [5, 5.41) is 23.7. The standard InChI is InChI=1S/C26H26F2N6O7S/c27-21-18(6-7-20(22(21)28)34-12-8-16(9-13-34)32-26-29-10-1-11-30-26)23(35)31-14-19(25(38)39)33-42(40,41)17-4-2-15(3-5-17)24(36)37/h1-7,10-11,16,19,33H,8-9,12-14H2,(H,31,35)(H,36,37)(H,38,39)(H,29,30,32)/t19-/m0/s1. The molecule has 1 saturated heterocycles. The number of aromatic nitrogens is 2. The number of piperidine rings is 1. The van der Waals surface area contributed by atoms with Gasteiger partial charge in [0, 0.05) is 38.1 Å². The zero-order valence-corrected chi connectivity index (χ0v) is 22.6. The lowest BCUT2D eigenvalue weighted by atomic mass is 10.0. The Kier molecular flexibility index (Phi) is 9.27. The van der Waals surface area contributed by atoms with Gasteiger partial charge >= 0.3 is 11.9 Å². The van der Waals surface area contributed by atoms with Crippen LogP contribution in [0.3, 0.4) is 0 Å². The van der Waals surface area contributed by atoms with Crippen LogP contribution >= 0.6 is 0 Å². The molecule has 0 radical (unpaired) electrons. The van der Waals surface area contributed by atoms with Crippen LogP contribution in [0, 0.1) is 11.6 Å². The molecule has 3 aromatic rings. The molecular formula is C26H26F2N6O7S. The number of carboxylic acid groups (broad SMARTS) is 2. The highest BCUT2D eigenvalue weighted by Gasteiger charge is 2.29. The molecule has 0 saturated carbocycles. The average Bonchev–Trinajstić information content (AvgIpc) is 2.97. The van der Waals surface area contributed by atoms with Crippen LogP contribution in [0.25, 0.3) is 0 Å². The molecule has 5 N–H and O–H groups in total. The molecule has 1 atom stereocenters. The van der Waals surface area contributed by atoms with Crippen molar-refractivity contribution in [3.8, 4) is 0 Å². The van der Waals surface area contributed by atoms with Gasteiger partial charge in [-0.05, 0) is 55.3 Å². The van der Waals surface area contributed by atoms with Crippen LogP contribution in [0.1, 0.15) is 33.6 Å². The van der Waals surface area contributed by atoms with Gasteiger partial charge in [0.2, 0.25) is 16.0 Å².